The molecule has 4 heterocycles. The van der Waals surface area contributed by atoms with Gasteiger partial charge in [-0.1, -0.05) is 58.0 Å². The van der Waals surface area contributed by atoms with Gasteiger partial charge in [0.05, 0.1) is 49.2 Å². The third kappa shape index (κ3) is 7.19. The van der Waals surface area contributed by atoms with E-state index >= 15 is 8.78 Å². The number of imidazole rings is 2. The van der Waals surface area contributed by atoms with E-state index in [0.29, 0.717) is 51.7 Å². The summed E-state index contributed by atoms with van der Waals surface area (Å²) in [5.74, 6) is -2.53. The highest BCUT2D eigenvalue weighted by molar-refractivity contribution is 5.89. The highest BCUT2D eigenvalue weighted by Gasteiger charge is 2.56. The molecule has 4 fully saturated rings. The fourth-order valence-corrected chi connectivity index (χ4v) is 11.0. The summed E-state index contributed by atoms with van der Waals surface area (Å²) in [4.78, 5) is 72.6. The largest absolute Gasteiger partial charge is 0.453 e. The van der Waals surface area contributed by atoms with Crippen LogP contribution in [0.4, 0.5) is 18.4 Å². The molecule has 6 atom stereocenters. The van der Waals surface area contributed by atoms with E-state index in [9.17, 15) is 19.2 Å². The molecular weight excluding hydrogens is 835 g/mol. The first-order valence-corrected chi connectivity index (χ1v) is 22.6. The zero-order valence-electron chi connectivity index (χ0n) is 37.3. The number of ether oxygens (including phenoxy) is 2. The number of hydrogen-bond donors (Lipinski definition) is 4. The van der Waals surface area contributed by atoms with E-state index in [2.05, 4.69) is 20.6 Å². The van der Waals surface area contributed by atoms with Crippen molar-refractivity contribution in [2.45, 2.75) is 102 Å². The molecule has 0 radical (unpaired) electrons. The van der Waals surface area contributed by atoms with Crippen molar-refractivity contribution in [3.63, 3.8) is 0 Å². The lowest BCUT2D eigenvalue weighted by molar-refractivity contribution is -0.139. The molecule has 3 aliphatic carbocycles. The summed E-state index contributed by atoms with van der Waals surface area (Å²) in [5.41, 5.74) is 4.68. The molecule has 16 heteroatoms. The molecular formula is C49H54F2N8O6. The minimum atomic E-state index is -3.29. The second-order valence-electron chi connectivity index (χ2n) is 19.4. The Morgan fingerprint density at radius 2 is 1.40 bits per heavy atom. The lowest BCUT2D eigenvalue weighted by Gasteiger charge is -2.37. The van der Waals surface area contributed by atoms with E-state index in [-0.39, 0.29) is 64.2 Å². The third-order valence-corrected chi connectivity index (χ3v) is 14.7. The van der Waals surface area contributed by atoms with Crippen molar-refractivity contribution in [3.8, 4) is 33.5 Å². The Labute approximate surface area is 375 Å². The van der Waals surface area contributed by atoms with E-state index in [1.54, 1.807) is 29.3 Å². The van der Waals surface area contributed by atoms with E-state index in [1.807, 2.05) is 62.9 Å². The maximum atomic E-state index is 16.7. The zero-order chi connectivity index (χ0) is 45.7. The van der Waals surface area contributed by atoms with Gasteiger partial charge in [-0.05, 0) is 108 Å². The number of H-pyrrole nitrogens is 2. The molecule has 65 heavy (non-hydrogen) atoms. The van der Waals surface area contributed by atoms with Crippen molar-refractivity contribution in [1.29, 1.82) is 0 Å². The van der Waals surface area contributed by atoms with Crippen molar-refractivity contribution in [2.75, 3.05) is 20.8 Å². The van der Waals surface area contributed by atoms with Gasteiger partial charge in [0, 0.05) is 29.3 Å². The minimum absolute atomic E-state index is 0.0102. The van der Waals surface area contributed by atoms with Gasteiger partial charge in [-0.15, -0.1) is 0 Å². The molecule has 5 aromatic rings. The number of hydrogen-bond acceptors (Lipinski definition) is 8. The smallest absolute Gasteiger partial charge is 0.407 e. The normalized spacial score (nSPS) is 22.9. The molecule has 2 aromatic heterocycles. The Morgan fingerprint density at radius 3 is 2.05 bits per heavy atom. The first kappa shape index (κ1) is 42.6. The summed E-state index contributed by atoms with van der Waals surface area (Å²) >= 11 is 0. The summed E-state index contributed by atoms with van der Waals surface area (Å²) in [6.07, 6.45) is 5.75. The molecule has 2 saturated carbocycles. The number of nitrogens with one attached hydrogen (secondary N) is 4. The maximum Gasteiger partial charge on any atom is 0.407 e. The summed E-state index contributed by atoms with van der Waals surface area (Å²) in [7, 11) is 2.54. The van der Waals surface area contributed by atoms with E-state index in [1.165, 1.54) is 20.3 Å². The Balaban J connectivity index is 0.896. The van der Waals surface area contributed by atoms with E-state index in [4.69, 9.17) is 19.4 Å². The van der Waals surface area contributed by atoms with Crippen LogP contribution in [0.5, 0.6) is 0 Å². The Morgan fingerprint density at radius 1 is 0.785 bits per heavy atom. The molecule has 1 spiro atoms. The molecule has 2 aliphatic heterocycles. The van der Waals surface area contributed by atoms with Crippen LogP contribution in [0.2, 0.25) is 0 Å². The van der Waals surface area contributed by atoms with Gasteiger partial charge >= 0.3 is 12.2 Å². The monoisotopic (exact) mass is 888 g/mol. The first-order valence-electron chi connectivity index (χ1n) is 22.6. The summed E-state index contributed by atoms with van der Waals surface area (Å²) in [5, 5.41) is 5.43. The van der Waals surface area contributed by atoms with Gasteiger partial charge in [0.1, 0.15) is 23.7 Å². The number of benzene rings is 3. The zero-order valence-corrected chi connectivity index (χ0v) is 37.3. The predicted molar refractivity (Wildman–Crippen MR) is 237 cm³/mol. The number of rotatable bonds is 10. The Bertz CT molecular complexity index is 2740. The summed E-state index contributed by atoms with van der Waals surface area (Å²) in [6.45, 7) is 8.09. The molecule has 3 aromatic carbocycles. The number of halogens is 2. The van der Waals surface area contributed by atoms with Crippen LogP contribution in [-0.4, -0.2) is 92.6 Å². The van der Waals surface area contributed by atoms with Gasteiger partial charge in [0.15, 0.2) is 0 Å². The number of aromatic amines is 2. The molecule has 2 saturated heterocycles. The average Bonchev–Trinajstić information content (AvgIpc) is 3.95. The van der Waals surface area contributed by atoms with Crippen LogP contribution in [0.15, 0.2) is 60.8 Å². The molecule has 0 unspecified atom stereocenters. The maximum absolute atomic E-state index is 16.7. The molecule has 4 amide bonds. The molecule has 10 rings (SSSR count). The number of likely N-dealkylation sites (tertiary alicyclic amines) is 2. The molecule has 5 aliphatic rings. The Hall–Kier alpha value is -6.32. The number of carbonyl (C=O) groups excluding carboxylic acids is 4. The van der Waals surface area contributed by atoms with Crippen molar-refractivity contribution in [3.05, 3.63) is 83.6 Å². The lowest BCUT2D eigenvalue weighted by Crippen LogP contribution is -2.54. The lowest BCUT2D eigenvalue weighted by atomic mass is 9.95. The number of fused-ring (bicyclic) bond motifs is 6. The van der Waals surface area contributed by atoms with Gasteiger partial charge in [0.2, 0.25) is 11.8 Å². The van der Waals surface area contributed by atoms with Gasteiger partial charge in [-0.25, -0.2) is 19.6 Å². The fourth-order valence-electron chi connectivity index (χ4n) is 11.0. The van der Waals surface area contributed by atoms with Gasteiger partial charge in [-0.3, -0.25) is 9.59 Å². The number of methoxy groups -OCH3 is 2. The second kappa shape index (κ2) is 15.7. The van der Waals surface area contributed by atoms with Gasteiger partial charge < -0.3 is 39.9 Å². The molecule has 4 N–H and O–H groups in total. The van der Waals surface area contributed by atoms with E-state index < -0.39 is 30.2 Å². The highest BCUT2D eigenvalue weighted by atomic mass is 19.3. The third-order valence-electron chi connectivity index (χ3n) is 14.7. The van der Waals surface area contributed by atoms with Crippen molar-refractivity contribution >= 4 is 35.0 Å². The van der Waals surface area contributed by atoms with Gasteiger partial charge in [-0.2, -0.15) is 8.78 Å². The number of aromatic nitrogens is 4. The molecule has 14 nitrogen and oxygen atoms in total. The number of piperidine rings is 1. The number of alkyl halides is 2. The van der Waals surface area contributed by atoms with Crippen LogP contribution in [0.3, 0.4) is 0 Å². The Kier molecular flexibility index (Phi) is 10.3. The van der Waals surface area contributed by atoms with Gasteiger partial charge in [0.25, 0.3) is 5.92 Å². The quantitative estimate of drug-likeness (QED) is 0.108. The van der Waals surface area contributed by atoms with Crippen LogP contribution in [0.25, 0.3) is 44.5 Å². The second-order valence-corrected chi connectivity index (χ2v) is 19.4. The average molecular weight is 889 g/mol. The summed E-state index contributed by atoms with van der Waals surface area (Å²) < 4.78 is 43.0. The van der Waals surface area contributed by atoms with Crippen LogP contribution in [0, 0.1) is 23.2 Å². The van der Waals surface area contributed by atoms with Crippen LogP contribution in [0.1, 0.15) is 101 Å². The van der Waals surface area contributed by atoms with Crippen LogP contribution < -0.4 is 10.6 Å². The van der Waals surface area contributed by atoms with Crippen molar-refractivity contribution < 1.29 is 37.4 Å². The minimum Gasteiger partial charge on any atom is -0.453 e. The number of amides is 4. The van der Waals surface area contributed by atoms with Crippen molar-refractivity contribution in [1.82, 2.24) is 40.4 Å². The first-order chi connectivity index (χ1) is 31.1. The standard InChI is InChI=1S/C49H54F2N8O6/c1-24(2)39(56-46(62)64-5)44(60)58-23-48(15-16-48)21-38(58)42-52-22-37(55-42)28-9-13-32-31-12-8-26(18-33(31)49(50,51)34(32)19-28)27-10-14-35-36(20-27)54-43(53-35)41-29-7-11-30(17-29)59(41)45(61)40(25(3)4)57-47(63)65-6/h8-10,12-14,18-20,22,24-25,29-30,38-41H,7,11,15-17,21,23H2,1-6H3,(H,52,55)(H,53,54)(H,56,62)(H,57,63)/t29-,30+,38-,39-,40+,41-/m0/s1. The fraction of sp³-hybridized carbons (Fsp3) is 0.469. The molecule has 340 valence electrons. The van der Waals surface area contributed by atoms with Crippen molar-refractivity contribution in [2.24, 2.45) is 23.2 Å². The SMILES string of the molecule is COC(=O)N[C@H](C(=O)N1CC2(CC2)C[C@H]1c1ncc(-c2ccc3c(c2)C(F)(F)c2cc(-c4ccc5nc([C@@H]6[C@H]7CC[C@H](C7)N6C(=O)[C@H](NC(=O)OC)C(C)C)[nH]c5c4)ccc2-3)[nH]1)C(C)C. The van der Waals surface area contributed by atoms with E-state index in [0.717, 1.165) is 49.6 Å². The molecule has 2 bridgehead atoms. The predicted octanol–water partition coefficient (Wildman–Crippen LogP) is 8.61. The van der Waals surface area contributed by atoms with Crippen LogP contribution >= 0.6 is 0 Å². The number of carbonyl (C=O) groups is 4. The number of nitrogens with zero attached hydrogens (tertiary/aromatic N) is 4. The topological polar surface area (TPSA) is 175 Å². The highest BCUT2D eigenvalue weighted by Crippen LogP contribution is 2.59. The number of alkyl carbamates (subject to hydrolysis) is 2. The van der Waals surface area contributed by atoms with Crippen LogP contribution in [-0.2, 0) is 25.0 Å². The summed E-state index contributed by atoms with van der Waals surface area (Å²) in [6, 6.07) is 13.8.